The maximum atomic E-state index is 12.2. The van der Waals surface area contributed by atoms with E-state index in [9.17, 15) is 14.4 Å². The number of amides is 2. The summed E-state index contributed by atoms with van der Waals surface area (Å²) in [6, 6.07) is 13.5. The molecule has 2 N–H and O–H groups in total. The lowest BCUT2D eigenvalue weighted by molar-refractivity contribution is -0.136. The first-order chi connectivity index (χ1) is 13.6. The molecule has 2 aromatic rings. The number of hydrogen-bond donors (Lipinski definition) is 2. The summed E-state index contributed by atoms with van der Waals surface area (Å²) in [6.07, 6.45) is -0.418. The highest BCUT2D eigenvalue weighted by Crippen LogP contribution is 2.30. The van der Waals surface area contributed by atoms with Gasteiger partial charge >= 0.3 is 17.8 Å². The van der Waals surface area contributed by atoms with E-state index in [1.807, 2.05) is 12.1 Å². The average Bonchev–Trinajstić information content (AvgIpc) is 2.72. The van der Waals surface area contributed by atoms with Crippen molar-refractivity contribution in [1.29, 1.82) is 0 Å². The highest BCUT2D eigenvalue weighted by atomic mass is 16.6. The second-order valence-corrected chi connectivity index (χ2v) is 5.93. The Labute approximate surface area is 161 Å². The summed E-state index contributed by atoms with van der Waals surface area (Å²) in [4.78, 5) is 36.2. The van der Waals surface area contributed by atoms with E-state index in [1.54, 1.807) is 31.2 Å². The third-order valence-electron chi connectivity index (χ3n) is 3.93. The Hall–Kier alpha value is -3.55. The summed E-state index contributed by atoms with van der Waals surface area (Å²) in [7, 11) is 0. The molecular weight excluding hydrogens is 364 g/mol. The van der Waals surface area contributed by atoms with Crippen LogP contribution in [0.3, 0.4) is 0 Å². The molecule has 1 heterocycles. The van der Waals surface area contributed by atoms with Gasteiger partial charge in [0.1, 0.15) is 12.7 Å². The minimum atomic E-state index is -0.895. The molecule has 0 radical (unpaired) electrons. The maximum Gasteiger partial charge on any atom is 0.340 e. The van der Waals surface area contributed by atoms with Crippen LogP contribution in [-0.4, -0.2) is 43.6 Å². The average molecular weight is 384 g/mol. The van der Waals surface area contributed by atoms with Crippen molar-refractivity contribution in [3.8, 4) is 11.5 Å². The number of ether oxygens (including phenoxy) is 3. The summed E-state index contributed by atoms with van der Waals surface area (Å²) in [5.41, 5.74) is 0.374. The molecule has 8 heteroatoms. The highest BCUT2D eigenvalue weighted by Gasteiger charge is 2.23. The second kappa shape index (κ2) is 8.90. The van der Waals surface area contributed by atoms with Crippen molar-refractivity contribution in [3.63, 3.8) is 0 Å². The van der Waals surface area contributed by atoms with Crippen LogP contribution >= 0.6 is 0 Å². The van der Waals surface area contributed by atoms with Crippen molar-refractivity contribution in [1.82, 2.24) is 5.32 Å². The zero-order valence-corrected chi connectivity index (χ0v) is 15.3. The van der Waals surface area contributed by atoms with Crippen molar-refractivity contribution >= 4 is 23.5 Å². The molecule has 0 spiro atoms. The number of hydrogen-bond acceptors (Lipinski definition) is 6. The van der Waals surface area contributed by atoms with Crippen LogP contribution in [0.15, 0.2) is 48.5 Å². The van der Waals surface area contributed by atoms with Gasteiger partial charge in [-0.15, -0.1) is 0 Å². The Morgan fingerprint density at radius 1 is 1.04 bits per heavy atom. The molecule has 0 saturated heterocycles. The molecule has 2 amide bonds. The van der Waals surface area contributed by atoms with E-state index in [1.165, 1.54) is 12.1 Å². The van der Waals surface area contributed by atoms with Crippen molar-refractivity contribution in [3.05, 3.63) is 54.1 Å². The fourth-order valence-corrected chi connectivity index (χ4v) is 2.61. The SMILES string of the molecule is CCOC(=O)c1ccccc1NC(=O)C(=O)NCC1COc2ccccc2O1. The topological polar surface area (TPSA) is 103 Å². The van der Waals surface area contributed by atoms with Crippen LogP contribution in [0.2, 0.25) is 0 Å². The molecule has 1 unspecified atom stereocenters. The number of fused-ring (bicyclic) bond motifs is 1. The van der Waals surface area contributed by atoms with Crippen LogP contribution < -0.4 is 20.1 Å². The standard InChI is InChI=1S/C20H20N2O6/c1-2-26-20(25)14-7-3-4-8-15(14)22-19(24)18(23)21-11-13-12-27-16-9-5-6-10-17(16)28-13/h3-10,13H,2,11-12H2,1H3,(H,21,23)(H,22,24). The fourth-order valence-electron chi connectivity index (χ4n) is 2.61. The molecule has 0 aliphatic carbocycles. The van der Waals surface area contributed by atoms with Crippen LogP contribution in [0, 0.1) is 0 Å². The first-order valence-corrected chi connectivity index (χ1v) is 8.82. The third-order valence-corrected chi connectivity index (χ3v) is 3.93. The van der Waals surface area contributed by atoms with Gasteiger partial charge in [0.05, 0.1) is 24.4 Å². The van der Waals surface area contributed by atoms with Gasteiger partial charge in [-0.3, -0.25) is 9.59 Å². The van der Waals surface area contributed by atoms with Gasteiger partial charge in [0.25, 0.3) is 0 Å². The number of carbonyl (C=O) groups is 3. The summed E-state index contributed by atoms with van der Waals surface area (Å²) >= 11 is 0. The Balaban J connectivity index is 1.55. The smallest absolute Gasteiger partial charge is 0.340 e. The molecule has 146 valence electrons. The van der Waals surface area contributed by atoms with E-state index >= 15 is 0 Å². The lowest BCUT2D eigenvalue weighted by Gasteiger charge is -2.26. The summed E-state index contributed by atoms with van der Waals surface area (Å²) in [5, 5.41) is 4.93. The van der Waals surface area contributed by atoms with Gasteiger partial charge in [-0.2, -0.15) is 0 Å². The van der Waals surface area contributed by atoms with Gasteiger partial charge in [-0.05, 0) is 31.2 Å². The largest absolute Gasteiger partial charge is 0.486 e. The van der Waals surface area contributed by atoms with Crippen molar-refractivity contribution < 1.29 is 28.6 Å². The predicted octanol–water partition coefficient (Wildman–Crippen LogP) is 1.76. The zero-order valence-electron chi connectivity index (χ0n) is 15.3. The Morgan fingerprint density at radius 3 is 2.54 bits per heavy atom. The Kier molecular flexibility index (Phi) is 6.11. The number of nitrogens with one attached hydrogen (secondary N) is 2. The Bertz CT molecular complexity index is 883. The van der Waals surface area contributed by atoms with E-state index in [2.05, 4.69) is 10.6 Å². The molecule has 3 rings (SSSR count). The van der Waals surface area contributed by atoms with Crippen LogP contribution in [0.5, 0.6) is 11.5 Å². The van der Waals surface area contributed by atoms with Crippen LogP contribution in [0.25, 0.3) is 0 Å². The normalized spacial score (nSPS) is 14.7. The van der Waals surface area contributed by atoms with E-state index in [0.29, 0.717) is 11.5 Å². The first-order valence-electron chi connectivity index (χ1n) is 8.82. The van der Waals surface area contributed by atoms with E-state index in [0.717, 1.165) is 0 Å². The molecular formula is C20H20N2O6. The van der Waals surface area contributed by atoms with Gasteiger partial charge < -0.3 is 24.8 Å². The van der Waals surface area contributed by atoms with Gasteiger partial charge in [-0.1, -0.05) is 24.3 Å². The van der Waals surface area contributed by atoms with Crippen LogP contribution in [-0.2, 0) is 14.3 Å². The molecule has 2 aromatic carbocycles. The van der Waals surface area contributed by atoms with Crippen LogP contribution in [0.4, 0.5) is 5.69 Å². The predicted molar refractivity (Wildman–Crippen MR) is 100 cm³/mol. The molecule has 1 aliphatic heterocycles. The van der Waals surface area contributed by atoms with Crippen molar-refractivity contribution in [2.24, 2.45) is 0 Å². The number of esters is 1. The highest BCUT2D eigenvalue weighted by molar-refractivity contribution is 6.40. The minimum Gasteiger partial charge on any atom is -0.486 e. The van der Waals surface area contributed by atoms with Gasteiger partial charge in [0.2, 0.25) is 0 Å². The molecule has 28 heavy (non-hydrogen) atoms. The fraction of sp³-hybridized carbons (Fsp3) is 0.250. The monoisotopic (exact) mass is 384 g/mol. The van der Waals surface area contributed by atoms with Crippen LogP contribution in [0.1, 0.15) is 17.3 Å². The number of para-hydroxylation sites is 3. The van der Waals surface area contributed by atoms with E-state index in [4.69, 9.17) is 14.2 Å². The van der Waals surface area contributed by atoms with E-state index in [-0.39, 0.29) is 31.0 Å². The number of benzene rings is 2. The minimum absolute atomic E-state index is 0.0973. The molecule has 8 nitrogen and oxygen atoms in total. The second-order valence-electron chi connectivity index (χ2n) is 5.93. The molecule has 1 aliphatic rings. The molecule has 0 fully saturated rings. The zero-order chi connectivity index (χ0) is 19.9. The third kappa shape index (κ3) is 4.59. The molecule has 0 saturated carbocycles. The number of carbonyl (C=O) groups excluding carboxylic acids is 3. The summed E-state index contributed by atoms with van der Waals surface area (Å²) in [6.45, 7) is 2.24. The number of rotatable bonds is 5. The Morgan fingerprint density at radius 2 is 1.75 bits per heavy atom. The first kappa shape index (κ1) is 19.2. The number of anilines is 1. The van der Waals surface area contributed by atoms with Gasteiger partial charge in [-0.25, -0.2) is 4.79 Å². The lowest BCUT2D eigenvalue weighted by Crippen LogP contribution is -2.44. The molecule has 0 bridgehead atoms. The summed E-state index contributed by atoms with van der Waals surface area (Å²) < 4.78 is 16.2. The quantitative estimate of drug-likeness (QED) is 0.602. The maximum absolute atomic E-state index is 12.2. The van der Waals surface area contributed by atoms with Crippen molar-refractivity contribution in [2.75, 3.05) is 25.1 Å². The molecule has 1 atom stereocenters. The summed E-state index contributed by atoms with van der Waals surface area (Å²) in [5.74, 6) is -1.10. The lowest BCUT2D eigenvalue weighted by atomic mass is 10.2. The van der Waals surface area contributed by atoms with E-state index < -0.39 is 23.9 Å². The van der Waals surface area contributed by atoms with Crippen molar-refractivity contribution in [2.45, 2.75) is 13.0 Å². The van der Waals surface area contributed by atoms with Gasteiger partial charge in [0, 0.05) is 0 Å². The van der Waals surface area contributed by atoms with Gasteiger partial charge in [0.15, 0.2) is 11.5 Å². The molecule has 0 aromatic heterocycles.